The molecule has 2 heterocycles. The van der Waals surface area contributed by atoms with Gasteiger partial charge in [0.2, 0.25) is 0 Å². The number of fused-ring (bicyclic) bond motifs is 1. The topological polar surface area (TPSA) is 84.9 Å². The molecule has 0 saturated heterocycles. The predicted octanol–water partition coefficient (Wildman–Crippen LogP) is 1.03. The van der Waals surface area contributed by atoms with Gasteiger partial charge in [0.15, 0.2) is 11.5 Å². The summed E-state index contributed by atoms with van der Waals surface area (Å²) in [6.45, 7) is 0.849. The molecule has 0 aliphatic rings. The van der Waals surface area contributed by atoms with Crippen molar-refractivity contribution < 1.29 is 13.2 Å². The SMILES string of the molecule is CCN(Cc1nc(NN)c2cnn(C)c2n1)CC(F)(F)F. The van der Waals surface area contributed by atoms with Crippen LogP contribution in [0.4, 0.5) is 19.0 Å². The fraction of sp³-hybridized carbons (Fsp3) is 0.545. The van der Waals surface area contributed by atoms with Crippen LogP contribution >= 0.6 is 0 Å². The van der Waals surface area contributed by atoms with Crippen molar-refractivity contribution in [3.8, 4) is 0 Å². The molecule has 0 spiro atoms. The molecule has 2 rings (SSSR count). The van der Waals surface area contributed by atoms with E-state index >= 15 is 0 Å². The summed E-state index contributed by atoms with van der Waals surface area (Å²) in [5.41, 5.74) is 2.93. The lowest BCUT2D eigenvalue weighted by Crippen LogP contribution is -2.34. The Bertz CT molecular complexity index is 622. The minimum Gasteiger partial charge on any atom is -0.308 e. The molecule has 0 aliphatic heterocycles. The van der Waals surface area contributed by atoms with Crippen LogP contribution in [0, 0.1) is 0 Å². The summed E-state index contributed by atoms with van der Waals surface area (Å²) >= 11 is 0. The molecule has 0 aliphatic carbocycles. The normalized spacial score (nSPS) is 12.3. The molecule has 2 aromatic heterocycles. The summed E-state index contributed by atoms with van der Waals surface area (Å²) in [6.07, 6.45) is -2.72. The van der Waals surface area contributed by atoms with Crippen molar-refractivity contribution in [1.29, 1.82) is 0 Å². The molecule has 0 fully saturated rings. The van der Waals surface area contributed by atoms with Gasteiger partial charge in [-0.25, -0.2) is 15.8 Å². The van der Waals surface area contributed by atoms with Crippen LogP contribution in [0.1, 0.15) is 12.7 Å². The second kappa shape index (κ2) is 5.82. The Morgan fingerprint density at radius 1 is 1.38 bits per heavy atom. The van der Waals surface area contributed by atoms with E-state index in [1.54, 1.807) is 20.2 Å². The Kier molecular flexibility index (Phi) is 4.28. The van der Waals surface area contributed by atoms with Crippen LogP contribution < -0.4 is 11.3 Å². The summed E-state index contributed by atoms with van der Waals surface area (Å²) in [6, 6.07) is 0. The highest BCUT2D eigenvalue weighted by Gasteiger charge is 2.30. The first kappa shape index (κ1) is 15.4. The maximum absolute atomic E-state index is 12.5. The van der Waals surface area contributed by atoms with Crippen LogP contribution in [0.2, 0.25) is 0 Å². The van der Waals surface area contributed by atoms with Gasteiger partial charge in [0.1, 0.15) is 5.82 Å². The van der Waals surface area contributed by atoms with E-state index in [2.05, 4.69) is 20.5 Å². The fourth-order valence-corrected chi connectivity index (χ4v) is 1.98. The molecule has 0 unspecified atom stereocenters. The zero-order chi connectivity index (χ0) is 15.6. The summed E-state index contributed by atoms with van der Waals surface area (Å²) in [4.78, 5) is 9.59. The molecule has 0 aromatic carbocycles. The first-order chi connectivity index (χ1) is 9.84. The van der Waals surface area contributed by atoms with E-state index in [1.165, 1.54) is 9.58 Å². The van der Waals surface area contributed by atoms with Gasteiger partial charge in [-0.05, 0) is 6.54 Å². The van der Waals surface area contributed by atoms with E-state index in [-0.39, 0.29) is 18.9 Å². The number of nitrogens with zero attached hydrogens (tertiary/aromatic N) is 5. The first-order valence-electron chi connectivity index (χ1n) is 6.28. The smallest absolute Gasteiger partial charge is 0.308 e. The van der Waals surface area contributed by atoms with Crippen molar-refractivity contribution >= 4 is 16.9 Å². The first-order valence-corrected chi connectivity index (χ1v) is 6.28. The largest absolute Gasteiger partial charge is 0.401 e. The van der Waals surface area contributed by atoms with E-state index in [4.69, 9.17) is 5.84 Å². The number of aryl methyl sites for hydroxylation is 1. The van der Waals surface area contributed by atoms with E-state index in [0.29, 0.717) is 16.9 Å². The third-order valence-corrected chi connectivity index (χ3v) is 2.99. The number of alkyl halides is 3. The van der Waals surface area contributed by atoms with E-state index in [1.807, 2.05) is 0 Å². The molecular formula is C11H16F3N7. The minimum absolute atomic E-state index is 0.0220. The number of anilines is 1. The third kappa shape index (κ3) is 3.58. The molecule has 21 heavy (non-hydrogen) atoms. The second-order valence-electron chi connectivity index (χ2n) is 4.56. The van der Waals surface area contributed by atoms with Gasteiger partial charge in [0.25, 0.3) is 0 Å². The molecule has 0 radical (unpaired) electrons. The van der Waals surface area contributed by atoms with E-state index < -0.39 is 12.7 Å². The molecule has 10 heteroatoms. The summed E-state index contributed by atoms with van der Waals surface area (Å²) in [5, 5.41) is 4.64. The highest BCUT2D eigenvalue weighted by Crippen LogP contribution is 2.21. The van der Waals surface area contributed by atoms with Gasteiger partial charge in [-0.15, -0.1) is 0 Å². The number of hydrazine groups is 1. The van der Waals surface area contributed by atoms with Crippen molar-refractivity contribution in [3.05, 3.63) is 12.0 Å². The monoisotopic (exact) mass is 303 g/mol. The van der Waals surface area contributed by atoms with Gasteiger partial charge < -0.3 is 5.43 Å². The van der Waals surface area contributed by atoms with Crippen LogP contribution in [0.3, 0.4) is 0 Å². The lowest BCUT2D eigenvalue weighted by atomic mass is 10.3. The number of rotatable bonds is 5. The van der Waals surface area contributed by atoms with E-state index in [0.717, 1.165) is 0 Å². The number of hydrogen-bond donors (Lipinski definition) is 2. The Labute approximate surface area is 118 Å². The summed E-state index contributed by atoms with van der Waals surface area (Å²) in [7, 11) is 1.69. The zero-order valence-corrected chi connectivity index (χ0v) is 11.6. The van der Waals surface area contributed by atoms with Gasteiger partial charge in [0.05, 0.1) is 24.7 Å². The standard InChI is InChI=1S/C11H16F3N7/c1-3-21(6-11(12,13)14)5-8-17-9(19-15)7-4-16-20(2)10(7)18-8/h4H,3,5-6,15H2,1-2H3,(H,17,18,19). The number of nitrogens with one attached hydrogen (secondary N) is 1. The maximum Gasteiger partial charge on any atom is 0.401 e. The van der Waals surface area contributed by atoms with Gasteiger partial charge in [-0.2, -0.15) is 18.3 Å². The average molecular weight is 303 g/mol. The zero-order valence-electron chi connectivity index (χ0n) is 11.6. The molecular weight excluding hydrogens is 287 g/mol. The quantitative estimate of drug-likeness (QED) is 0.634. The molecule has 0 atom stereocenters. The fourth-order valence-electron chi connectivity index (χ4n) is 1.98. The van der Waals surface area contributed by atoms with Crippen molar-refractivity contribution in [2.75, 3.05) is 18.5 Å². The van der Waals surface area contributed by atoms with Crippen LogP contribution in [0.25, 0.3) is 11.0 Å². The van der Waals surface area contributed by atoms with Crippen molar-refractivity contribution in [2.24, 2.45) is 12.9 Å². The Hall–Kier alpha value is -1.94. The van der Waals surface area contributed by atoms with Gasteiger partial charge in [-0.1, -0.05) is 6.92 Å². The lowest BCUT2D eigenvalue weighted by molar-refractivity contribution is -0.146. The van der Waals surface area contributed by atoms with Gasteiger partial charge >= 0.3 is 6.18 Å². The molecule has 0 bridgehead atoms. The maximum atomic E-state index is 12.5. The molecule has 2 aromatic rings. The molecule has 116 valence electrons. The number of nitrogens with two attached hydrogens (primary N) is 1. The summed E-state index contributed by atoms with van der Waals surface area (Å²) < 4.78 is 39.0. The van der Waals surface area contributed by atoms with Crippen LogP contribution in [0.5, 0.6) is 0 Å². The van der Waals surface area contributed by atoms with Crippen molar-refractivity contribution in [3.63, 3.8) is 0 Å². The van der Waals surface area contributed by atoms with Gasteiger partial charge in [-0.3, -0.25) is 9.58 Å². The number of halogens is 3. The average Bonchev–Trinajstić information content (AvgIpc) is 2.77. The summed E-state index contributed by atoms with van der Waals surface area (Å²) in [5.74, 6) is 5.98. The van der Waals surface area contributed by atoms with Crippen LogP contribution in [-0.4, -0.2) is 43.9 Å². The third-order valence-electron chi connectivity index (χ3n) is 2.99. The molecule has 3 N–H and O–H groups in total. The Morgan fingerprint density at radius 3 is 2.67 bits per heavy atom. The Morgan fingerprint density at radius 2 is 2.10 bits per heavy atom. The van der Waals surface area contributed by atoms with E-state index in [9.17, 15) is 13.2 Å². The predicted molar refractivity (Wildman–Crippen MR) is 71.1 cm³/mol. The van der Waals surface area contributed by atoms with Crippen molar-refractivity contribution in [1.82, 2.24) is 24.6 Å². The molecule has 0 saturated carbocycles. The number of nitrogen functional groups attached to an aromatic ring is 1. The highest BCUT2D eigenvalue weighted by molar-refractivity contribution is 5.86. The van der Waals surface area contributed by atoms with Crippen molar-refractivity contribution in [2.45, 2.75) is 19.6 Å². The van der Waals surface area contributed by atoms with Crippen LogP contribution in [0.15, 0.2) is 6.20 Å². The molecule has 0 amide bonds. The number of hydrogen-bond acceptors (Lipinski definition) is 6. The Balaban J connectivity index is 2.31. The second-order valence-corrected chi connectivity index (χ2v) is 4.56. The number of aromatic nitrogens is 4. The lowest BCUT2D eigenvalue weighted by Gasteiger charge is -2.21. The van der Waals surface area contributed by atoms with Gasteiger partial charge in [0, 0.05) is 7.05 Å². The minimum atomic E-state index is -4.26. The molecule has 7 nitrogen and oxygen atoms in total. The highest BCUT2D eigenvalue weighted by atomic mass is 19.4. The van der Waals surface area contributed by atoms with Crippen LogP contribution in [-0.2, 0) is 13.6 Å².